The summed E-state index contributed by atoms with van der Waals surface area (Å²) in [5.74, 6) is 2.44. The van der Waals surface area contributed by atoms with Crippen LogP contribution in [0.15, 0.2) is 54.9 Å². The molecule has 2 fully saturated rings. The molecule has 1 saturated carbocycles. The first kappa shape index (κ1) is 21.7. The SMILES string of the molecule is C=C(NCc1ccc(OCC2CC2)cc1)N(Cc1ccc(F)cc1C)C1CCNCC1. The fraction of sp³-hybridized carbons (Fsp3) is 0.462. The average molecular weight is 424 g/mol. The van der Waals surface area contributed by atoms with Gasteiger partial charge in [-0.3, -0.25) is 0 Å². The Hall–Kier alpha value is -2.53. The van der Waals surface area contributed by atoms with Gasteiger partial charge in [-0.05, 0) is 92.6 Å². The van der Waals surface area contributed by atoms with Gasteiger partial charge in [0.05, 0.1) is 12.4 Å². The van der Waals surface area contributed by atoms with Gasteiger partial charge in [0.2, 0.25) is 0 Å². The second-order valence-corrected chi connectivity index (χ2v) is 8.88. The maximum Gasteiger partial charge on any atom is 0.123 e. The molecule has 31 heavy (non-hydrogen) atoms. The maximum atomic E-state index is 13.6. The van der Waals surface area contributed by atoms with Gasteiger partial charge in [0.25, 0.3) is 0 Å². The molecule has 0 aromatic heterocycles. The van der Waals surface area contributed by atoms with Crippen molar-refractivity contribution < 1.29 is 9.13 Å². The Labute approximate surface area is 185 Å². The first-order valence-electron chi connectivity index (χ1n) is 11.5. The van der Waals surface area contributed by atoms with Crippen molar-refractivity contribution in [1.82, 2.24) is 15.5 Å². The maximum absolute atomic E-state index is 13.6. The number of hydrogen-bond donors (Lipinski definition) is 2. The molecule has 1 aliphatic heterocycles. The molecule has 1 aliphatic carbocycles. The van der Waals surface area contributed by atoms with Crippen molar-refractivity contribution in [3.63, 3.8) is 0 Å². The molecule has 2 aliphatic rings. The van der Waals surface area contributed by atoms with E-state index in [2.05, 4.69) is 46.4 Å². The van der Waals surface area contributed by atoms with E-state index in [0.29, 0.717) is 12.6 Å². The number of aryl methyl sites for hydroxylation is 1. The van der Waals surface area contributed by atoms with Crippen molar-refractivity contribution in [2.24, 2.45) is 5.92 Å². The Bertz CT molecular complexity index is 873. The summed E-state index contributed by atoms with van der Waals surface area (Å²) in [4.78, 5) is 2.36. The Morgan fingerprint density at radius 3 is 2.55 bits per heavy atom. The summed E-state index contributed by atoms with van der Waals surface area (Å²) in [6, 6.07) is 13.8. The Kier molecular flexibility index (Phi) is 7.13. The summed E-state index contributed by atoms with van der Waals surface area (Å²) in [7, 11) is 0. The third-order valence-corrected chi connectivity index (χ3v) is 6.34. The monoisotopic (exact) mass is 423 g/mol. The number of rotatable bonds is 10. The van der Waals surface area contributed by atoms with E-state index in [1.165, 1.54) is 18.4 Å². The lowest BCUT2D eigenvalue weighted by Crippen LogP contribution is -2.44. The number of nitrogens with zero attached hydrogens (tertiary/aromatic N) is 1. The molecule has 0 radical (unpaired) electrons. The molecule has 0 spiro atoms. The molecule has 5 heteroatoms. The zero-order valence-electron chi connectivity index (χ0n) is 18.5. The molecule has 0 atom stereocenters. The predicted molar refractivity (Wildman–Crippen MR) is 123 cm³/mol. The molecule has 0 amide bonds. The van der Waals surface area contributed by atoms with Gasteiger partial charge >= 0.3 is 0 Å². The van der Waals surface area contributed by atoms with Gasteiger partial charge < -0.3 is 20.3 Å². The highest BCUT2D eigenvalue weighted by Crippen LogP contribution is 2.29. The minimum Gasteiger partial charge on any atom is -0.493 e. The van der Waals surface area contributed by atoms with E-state index in [9.17, 15) is 4.39 Å². The number of nitrogens with one attached hydrogen (secondary N) is 2. The zero-order chi connectivity index (χ0) is 21.6. The topological polar surface area (TPSA) is 36.5 Å². The number of ether oxygens (including phenoxy) is 1. The molecule has 1 heterocycles. The molecule has 2 N–H and O–H groups in total. The van der Waals surface area contributed by atoms with Crippen LogP contribution in [0.25, 0.3) is 0 Å². The Morgan fingerprint density at radius 1 is 1.13 bits per heavy atom. The van der Waals surface area contributed by atoms with Gasteiger partial charge in [-0.1, -0.05) is 24.8 Å². The van der Waals surface area contributed by atoms with Crippen molar-refractivity contribution in [1.29, 1.82) is 0 Å². The molecule has 2 aromatic carbocycles. The van der Waals surface area contributed by atoms with Crippen molar-refractivity contribution in [2.75, 3.05) is 19.7 Å². The summed E-state index contributed by atoms with van der Waals surface area (Å²) in [5.41, 5.74) is 3.32. The van der Waals surface area contributed by atoms with Crippen LogP contribution in [-0.4, -0.2) is 30.6 Å². The van der Waals surface area contributed by atoms with Crippen LogP contribution >= 0.6 is 0 Å². The smallest absolute Gasteiger partial charge is 0.123 e. The van der Waals surface area contributed by atoms with Crippen LogP contribution < -0.4 is 15.4 Å². The van der Waals surface area contributed by atoms with Crippen LogP contribution in [0.4, 0.5) is 4.39 Å². The number of hydrogen-bond acceptors (Lipinski definition) is 4. The summed E-state index contributed by atoms with van der Waals surface area (Å²) in [6.07, 6.45) is 4.76. The molecule has 4 rings (SSSR count). The lowest BCUT2D eigenvalue weighted by molar-refractivity contribution is 0.187. The first-order chi connectivity index (χ1) is 15.1. The third kappa shape index (κ3) is 6.23. The fourth-order valence-electron chi connectivity index (χ4n) is 4.09. The number of piperidine rings is 1. The average Bonchev–Trinajstić information content (AvgIpc) is 3.61. The predicted octanol–water partition coefficient (Wildman–Crippen LogP) is 4.74. The van der Waals surface area contributed by atoms with E-state index in [1.54, 1.807) is 12.1 Å². The van der Waals surface area contributed by atoms with Crippen LogP contribution in [0.2, 0.25) is 0 Å². The summed E-state index contributed by atoms with van der Waals surface area (Å²) in [5, 5.41) is 6.96. The number of benzene rings is 2. The second kappa shape index (κ2) is 10.2. The van der Waals surface area contributed by atoms with Crippen molar-refractivity contribution in [2.45, 2.75) is 51.7 Å². The van der Waals surface area contributed by atoms with E-state index < -0.39 is 0 Å². The second-order valence-electron chi connectivity index (χ2n) is 8.88. The zero-order valence-corrected chi connectivity index (χ0v) is 18.5. The molecule has 166 valence electrons. The van der Waals surface area contributed by atoms with Gasteiger partial charge in [0, 0.05) is 19.1 Å². The van der Waals surface area contributed by atoms with E-state index in [1.807, 2.05) is 13.0 Å². The molecule has 2 aromatic rings. The fourth-order valence-corrected chi connectivity index (χ4v) is 4.09. The standard InChI is InChI=1S/C26H34FN3O/c1-19-15-24(27)8-7-23(19)17-30(25-11-13-28-14-12-25)20(2)29-16-21-5-9-26(10-6-21)31-18-22-3-4-22/h5-10,15,22,25,28-29H,2-4,11-14,16-18H2,1H3. The molecule has 1 saturated heterocycles. The Morgan fingerprint density at radius 2 is 1.87 bits per heavy atom. The van der Waals surface area contributed by atoms with Crippen LogP contribution in [0.5, 0.6) is 5.75 Å². The van der Waals surface area contributed by atoms with Gasteiger partial charge in [0.15, 0.2) is 0 Å². The highest BCUT2D eigenvalue weighted by molar-refractivity contribution is 5.28. The number of halogens is 1. The van der Waals surface area contributed by atoms with Crippen molar-refractivity contribution >= 4 is 0 Å². The molecular weight excluding hydrogens is 389 g/mol. The minimum atomic E-state index is -0.184. The van der Waals surface area contributed by atoms with Gasteiger partial charge in [-0.25, -0.2) is 4.39 Å². The summed E-state index contributed by atoms with van der Waals surface area (Å²) < 4.78 is 19.4. The van der Waals surface area contributed by atoms with Crippen LogP contribution in [0.1, 0.15) is 42.4 Å². The van der Waals surface area contributed by atoms with Gasteiger partial charge in [0.1, 0.15) is 11.6 Å². The largest absolute Gasteiger partial charge is 0.493 e. The third-order valence-electron chi connectivity index (χ3n) is 6.34. The van der Waals surface area contributed by atoms with Crippen molar-refractivity contribution in [3.05, 3.63) is 77.4 Å². The minimum absolute atomic E-state index is 0.184. The normalized spacial score (nSPS) is 16.7. The van der Waals surface area contributed by atoms with Crippen molar-refractivity contribution in [3.8, 4) is 5.75 Å². The quantitative estimate of drug-likeness (QED) is 0.579. The van der Waals surface area contributed by atoms with Crippen LogP contribution in [0.3, 0.4) is 0 Å². The van der Waals surface area contributed by atoms with E-state index in [4.69, 9.17) is 4.74 Å². The summed E-state index contributed by atoms with van der Waals surface area (Å²) in [6.45, 7) is 10.6. The summed E-state index contributed by atoms with van der Waals surface area (Å²) >= 11 is 0. The molecule has 4 nitrogen and oxygen atoms in total. The Balaban J connectivity index is 1.37. The van der Waals surface area contributed by atoms with Crippen LogP contribution in [-0.2, 0) is 13.1 Å². The van der Waals surface area contributed by atoms with E-state index in [0.717, 1.165) is 67.7 Å². The van der Waals surface area contributed by atoms with E-state index in [-0.39, 0.29) is 5.82 Å². The van der Waals surface area contributed by atoms with Crippen LogP contribution in [0, 0.1) is 18.7 Å². The lowest BCUT2D eigenvalue weighted by atomic mass is 10.0. The van der Waals surface area contributed by atoms with Gasteiger partial charge in [-0.15, -0.1) is 0 Å². The van der Waals surface area contributed by atoms with E-state index >= 15 is 0 Å². The highest BCUT2D eigenvalue weighted by atomic mass is 19.1. The molecule has 0 unspecified atom stereocenters. The lowest BCUT2D eigenvalue weighted by Gasteiger charge is -2.38. The molecular formula is C26H34FN3O. The highest BCUT2D eigenvalue weighted by Gasteiger charge is 2.23. The first-order valence-corrected chi connectivity index (χ1v) is 11.5. The molecule has 0 bridgehead atoms. The van der Waals surface area contributed by atoms with Gasteiger partial charge in [-0.2, -0.15) is 0 Å².